The number of hydrogen-bond acceptors (Lipinski definition) is 6. The monoisotopic (exact) mass is 502 g/mol. The largest absolute Gasteiger partial charge is 0.426 e. The number of ether oxygens (including phenoxy) is 3. The van der Waals surface area contributed by atoms with E-state index in [1.54, 1.807) is 12.0 Å². The quantitative estimate of drug-likeness (QED) is 0.468. The number of amides is 1. The Balaban J connectivity index is 1.44. The van der Waals surface area contributed by atoms with Gasteiger partial charge in [-0.05, 0) is 69.0 Å². The van der Waals surface area contributed by atoms with E-state index in [0.29, 0.717) is 12.0 Å². The number of nitrogens with zero attached hydrogens (tertiary/aromatic N) is 2. The van der Waals surface area contributed by atoms with Gasteiger partial charge in [0.05, 0.1) is 12.1 Å². The van der Waals surface area contributed by atoms with E-state index in [1.807, 2.05) is 43.5 Å². The summed E-state index contributed by atoms with van der Waals surface area (Å²) in [4.78, 5) is 30.1. The van der Waals surface area contributed by atoms with Crippen LogP contribution in [0, 0.1) is 23.2 Å². The van der Waals surface area contributed by atoms with Crippen LogP contribution in [0.3, 0.4) is 0 Å². The third-order valence-electron chi connectivity index (χ3n) is 9.37. The van der Waals surface area contributed by atoms with Gasteiger partial charge in [0, 0.05) is 49.6 Å². The van der Waals surface area contributed by atoms with Gasteiger partial charge in [0.1, 0.15) is 6.10 Å². The first-order valence-electron chi connectivity index (χ1n) is 13.2. The number of carbonyl (C=O) groups is 2. The Morgan fingerprint density at radius 1 is 1.22 bits per heavy atom. The van der Waals surface area contributed by atoms with E-state index in [1.165, 1.54) is 12.5 Å². The number of benzene rings is 1. The van der Waals surface area contributed by atoms with Gasteiger partial charge in [-0.2, -0.15) is 0 Å². The van der Waals surface area contributed by atoms with Gasteiger partial charge in [-0.3, -0.25) is 9.59 Å². The minimum absolute atomic E-state index is 0.194. The lowest BCUT2D eigenvalue weighted by Gasteiger charge is -2.60. The van der Waals surface area contributed by atoms with E-state index < -0.39 is 17.9 Å². The van der Waals surface area contributed by atoms with Crippen molar-refractivity contribution in [2.45, 2.75) is 62.7 Å². The highest BCUT2D eigenvalue weighted by molar-refractivity contribution is 5.94. The average molecular weight is 503 g/mol. The van der Waals surface area contributed by atoms with Crippen LogP contribution in [-0.2, 0) is 23.8 Å². The zero-order valence-electron chi connectivity index (χ0n) is 21.9. The molecule has 1 amide bonds. The number of likely N-dealkylation sites (N-methyl/N-ethyl adjacent to an activating group) is 1. The Bertz CT molecular complexity index is 1250. The molecule has 194 valence electrons. The van der Waals surface area contributed by atoms with Crippen LogP contribution in [0.15, 0.2) is 53.6 Å². The van der Waals surface area contributed by atoms with Crippen LogP contribution < -0.4 is 0 Å². The van der Waals surface area contributed by atoms with Crippen molar-refractivity contribution in [1.29, 1.82) is 0 Å². The molecule has 1 aromatic rings. The lowest BCUT2D eigenvalue weighted by molar-refractivity contribution is -0.253. The number of rotatable bonds is 3. The van der Waals surface area contributed by atoms with Crippen molar-refractivity contribution in [1.82, 2.24) is 9.80 Å². The normalized spacial score (nSPS) is 37.4. The Hall–Kier alpha value is -2.92. The first-order chi connectivity index (χ1) is 17.8. The molecule has 1 spiro atoms. The van der Waals surface area contributed by atoms with Gasteiger partial charge in [-0.15, -0.1) is 0 Å². The molecule has 1 aromatic carbocycles. The molecule has 2 heterocycles. The standard InChI is InChI=1S/C30H34N2O5/c1-19(33)36-30-25(35-4)14-11-21-18-24-22-12-13-23(28(37-30)29(22,27(21)30)16-17-31(24)2)32(3)26(34)15-10-20-8-6-5-7-9-20/h5-9,11,14,22-25,28H,12-13,16-18H2,1-4H3/t22-,23-,24+,25?,28-,29-,30-/m0/s1. The zero-order valence-corrected chi connectivity index (χ0v) is 21.9. The Morgan fingerprint density at radius 2 is 2.00 bits per heavy atom. The molecule has 7 heteroatoms. The molecule has 6 rings (SSSR count). The first kappa shape index (κ1) is 24.4. The topological polar surface area (TPSA) is 68.3 Å². The van der Waals surface area contributed by atoms with Crippen molar-refractivity contribution in [2.24, 2.45) is 11.3 Å². The molecule has 3 aliphatic carbocycles. The fourth-order valence-corrected chi connectivity index (χ4v) is 7.92. The van der Waals surface area contributed by atoms with E-state index in [2.05, 4.69) is 29.9 Å². The van der Waals surface area contributed by atoms with E-state index in [0.717, 1.165) is 43.4 Å². The second-order valence-electron chi connectivity index (χ2n) is 11.0. The van der Waals surface area contributed by atoms with Crippen molar-refractivity contribution in [2.75, 3.05) is 27.7 Å². The van der Waals surface area contributed by atoms with Crippen molar-refractivity contribution in [3.05, 3.63) is 59.2 Å². The maximum atomic E-state index is 13.3. The van der Waals surface area contributed by atoms with Crippen molar-refractivity contribution in [3.8, 4) is 11.8 Å². The van der Waals surface area contributed by atoms with Gasteiger partial charge in [0.25, 0.3) is 11.7 Å². The third-order valence-corrected chi connectivity index (χ3v) is 9.37. The summed E-state index contributed by atoms with van der Waals surface area (Å²) in [6.07, 6.45) is 6.79. The lowest BCUT2D eigenvalue weighted by Crippen LogP contribution is -2.65. The molecule has 0 aromatic heterocycles. The molecule has 1 unspecified atom stereocenters. The van der Waals surface area contributed by atoms with Crippen LogP contribution in [0.1, 0.15) is 38.2 Å². The van der Waals surface area contributed by atoms with Crippen molar-refractivity contribution in [3.63, 3.8) is 0 Å². The maximum absolute atomic E-state index is 13.3. The van der Waals surface area contributed by atoms with E-state index in [9.17, 15) is 9.59 Å². The fourth-order valence-electron chi connectivity index (χ4n) is 7.92. The molecule has 37 heavy (non-hydrogen) atoms. The molecule has 3 fully saturated rings. The van der Waals surface area contributed by atoms with Gasteiger partial charge in [-0.1, -0.05) is 30.2 Å². The summed E-state index contributed by atoms with van der Waals surface area (Å²) in [7, 11) is 5.65. The Labute approximate surface area is 218 Å². The van der Waals surface area contributed by atoms with Crippen LogP contribution in [0.5, 0.6) is 0 Å². The Kier molecular flexibility index (Phi) is 5.83. The summed E-state index contributed by atoms with van der Waals surface area (Å²) >= 11 is 0. The summed E-state index contributed by atoms with van der Waals surface area (Å²) in [5.41, 5.74) is 2.73. The molecule has 7 nitrogen and oxygen atoms in total. The fraction of sp³-hybridized carbons (Fsp3) is 0.533. The molecule has 0 N–H and O–H groups in total. The highest BCUT2D eigenvalue weighted by Gasteiger charge is 2.74. The highest BCUT2D eigenvalue weighted by Crippen LogP contribution is 2.68. The number of piperidine rings is 1. The molecule has 7 atom stereocenters. The minimum atomic E-state index is -1.31. The van der Waals surface area contributed by atoms with E-state index in [-0.39, 0.29) is 23.5 Å². The van der Waals surface area contributed by atoms with Crippen molar-refractivity contribution < 1.29 is 23.8 Å². The summed E-state index contributed by atoms with van der Waals surface area (Å²) in [5, 5.41) is 0. The molecule has 2 bridgehead atoms. The molecule has 2 saturated heterocycles. The molecular weight excluding hydrogens is 468 g/mol. The highest BCUT2D eigenvalue weighted by atomic mass is 16.7. The van der Waals surface area contributed by atoms with Gasteiger partial charge >= 0.3 is 5.97 Å². The third kappa shape index (κ3) is 3.46. The van der Waals surface area contributed by atoms with Gasteiger partial charge in [0.2, 0.25) is 0 Å². The van der Waals surface area contributed by atoms with Crippen LogP contribution in [-0.4, -0.2) is 79.5 Å². The number of esters is 1. The number of carbonyl (C=O) groups excluding carboxylic acids is 2. The average Bonchev–Trinajstić information content (AvgIpc) is 3.19. The molecule has 1 saturated carbocycles. The predicted octanol–water partition coefficient (Wildman–Crippen LogP) is 2.91. The van der Waals surface area contributed by atoms with Gasteiger partial charge in [0.15, 0.2) is 0 Å². The summed E-state index contributed by atoms with van der Waals surface area (Å²) in [6.45, 7) is 2.35. The van der Waals surface area contributed by atoms with E-state index >= 15 is 0 Å². The summed E-state index contributed by atoms with van der Waals surface area (Å²) < 4.78 is 19.0. The predicted molar refractivity (Wildman–Crippen MR) is 137 cm³/mol. The second kappa shape index (κ2) is 8.83. The van der Waals surface area contributed by atoms with Crippen LogP contribution >= 0.6 is 0 Å². The molecule has 0 radical (unpaired) electrons. The zero-order chi connectivity index (χ0) is 25.9. The minimum Gasteiger partial charge on any atom is -0.426 e. The van der Waals surface area contributed by atoms with Crippen LogP contribution in [0.2, 0.25) is 0 Å². The summed E-state index contributed by atoms with van der Waals surface area (Å²) in [6, 6.07) is 9.72. The Morgan fingerprint density at radius 3 is 2.73 bits per heavy atom. The summed E-state index contributed by atoms with van der Waals surface area (Å²) in [5.74, 6) is 4.24. The first-order valence-corrected chi connectivity index (χ1v) is 13.2. The van der Waals surface area contributed by atoms with Gasteiger partial charge < -0.3 is 24.0 Å². The molecule has 2 aliphatic heterocycles. The number of likely N-dealkylation sites (tertiary alicyclic amines) is 1. The number of methoxy groups -OCH3 is 1. The number of allylic oxidation sites excluding steroid dienone is 1. The second-order valence-corrected chi connectivity index (χ2v) is 11.0. The number of hydrogen-bond donors (Lipinski definition) is 0. The van der Waals surface area contributed by atoms with Gasteiger partial charge in [-0.25, -0.2) is 0 Å². The SMILES string of the molecule is COC1C=CC2=C3[C@@]1(OC(C)=O)O[C@H]1[C@@H](N(C)C(=O)C#Cc4ccccc4)CC[C@H]4[C@@H](C2)N(C)CC[C@@]341. The van der Waals surface area contributed by atoms with Crippen molar-refractivity contribution >= 4 is 11.9 Å². The maximum Gasteiger partial charge on any atom is 0.305 e. The van der Waals surface area contributed by atoms with E-state index in [4.69, 9.17) is 14.2 Å². The smallest absolute Gasteiger partial charge is 0.305 e. The van der Waals surface area contributed by atoms with Crippen LogP contribution in [0.25, 0.3) is 0 Å². The molecular formula is C30H34N2O5. The lowest BCUT2D eigenvalue weighted by atomic mass is 9.49. The van der Waals surface area contributed by atoms with Crippen LogP contribution in [0.4, 0.5) is 0 Å². The molecule has 5 aliphatic rings.